The Labute approximate surface area is 92.2 Å². The van der Waals surface area contributed by atoms with E-state index in [0.29, 0.717) is 15.7 Å². The Balaban J connectivity index is 3.17. The normalized spacial score (nSPS) is 10.0. The van der Waals surface area contributed by atoms with Crippen LogP contribution in [0.15, 0.2) is 21.1 Å². The molecule has 70 valence electrons. The summed E-state index contributed by atoms with van der Waals surface area (Å²) in [7, 11) is 0. The first kappa shape index (κ1) is 10.5. The fraction of sp³-hybridized carbons (Fsp3) is 0.125. The first-order valence-corrected chi connectivity index (χ1v) is 5.05. The number of hydrogen-bond donors (Lipinski definition) is 2. The number of nitrogen functional groups attached to an aromatic ring is 1. The number of aliphatic carboxylic acids is 1. The lowest BCUT2D eigenvalue weighted by atomic mass is 10.1. The van der Waals surface area contributed by atoms with Crippen molar-refractivity contribution in [1.82, 2.24) is 0 Å². The second-order valence-corrected chi connectivity index (χ2v) is 4.20. The second kappa shape index (κ2) is 4.11. The highest BCUT2D eigenvalue weighted by Crippen LogP contribution is 2.30. The van der Waals surface area contributed by atoms with Crippen LogP contribution in [0, 0.1) is 0 Å². The van der Waals surface area contributed by atoms with E-state index in [-0.39, 0.29) is 6.42 Å². The molecule has 0 aliphatic heterocycles. The topological polar surface area (TPSA) is 63.3 Å². The largest absolute Gasteiger partial charge is 0.481 e. The van der Waals surface area contributed by atoms with E-state index in [9.17, 15) is 4.79 Å². The third-order valence-corrected chi connectivity index (χ3v) is 3.01. The van der Waals surface area contributed by atoms with Crippen molar-refractivity contribution in [3.8, 4) is 0 Å². The Hall–Kier alpha value is -0.550. The predicted octanol–water partition coefficient (Wildman–Crippen LogP) is 2.42. The van der Waals surface area contributed by atoms with Crippen molar-refractivity contribution >= 4 is 43.5 Å². The van der Waals surface area contributed by atoms with Gasteiger partial charge < -0.3 is 10.8 Å². The zero-order valence-electron chi connectivity index (χ0n) is 6.55. The molecule has 0 aliphatic carbocycles. The van der Waals surface area contributed by atoms with E-state index in [1.807, 2.05) is 0 Å². The van der Waals surface area contributed by atoms with Crippen LogP contribution in [0.5, 0.6) is 0 Å². The number of benzene rings is 1. The molecule has 0 aromatic heterocycles. The molecule has 0 bridgehead atoms. The minimum atomic E-state index is -0.898. The summed E-state index contributed by atoms with van der Waals surface area (Å²) in [5, 5.41) is 8.61. The van der Waals surface area contributed by atoms with Crippen molar-refractivity contribution in [3.63, 3.8) is 0 Å². The fourth-order valence-corrected chi connectivity index (χ4v) is 1.80. The summed E-state index contributed by atoms with van der Waals surface area (Å²) in [4.78, 5) is 10.5. The summed E-state index contributed by atoms with van der Waals surface area (Å²) in [6, 6.07) is 3.53. The van der Waals surface area contributed by atoms with Gasteiger partial charge in [0.25, 0.3) is 0 Å². The van der Waals surface area contributed by atoms with Crippen LogP contribution in [-0.4, -0.2) is 11.1 Å². The SMILES string of the molecule is Nc1c(Br)ccc(Br)c1CC(=O)O. The first-order chi connectivity index (χ1) is 6.02. The molecule has 0 atom stereocenters. The highest BCUT2D eigenvalue weighted by molar-refractivity contribution is 9.11. The quantitative estimate of drug-likeness (QED) is 0.825. The molecule has 1 aromatic rings. The number of carboxylic acids is 1. The Morgan fingerprint density at radius 3 is 2.46 bits per heavy atom. The summed E-state index contributed by atoms with van der Waals surface area (Å²) in [5.41, 5.74) is 6.76. The van der Waals surface area contributed by atoms with Crippen LogP contribution < -0.4 is 5.73 Å². The molecule has 0 amide bonds. The minimum absolute atomic E-state index is 0.0775. The molecule has 1 aromatic carbocycles. The lowest BCUT2D eigenvalue weighted by molar-refractivity contribution is -0.136. The molecule has 13 heavy (non-hydrogen) atoms. The zero-order valence-corrected chi connectivity index (χ0v) is 9.72. The summed E-state index contributed by atoms with van der Waals surface area (Å²) >= 11 is 6.48. The van der Waals surface area contributed by atoms with Gasteiger partial charge in [-0.2, -0.15) is 0 Å². The average Bonchev–Trinajstić information content (AvgIpc) is 2.05. The smallest absolute Gasteiger partial charge is 0.307 e. The molecule has 0 fully saturated rings. The summed E-state index contributed by atoms with van der Waals surface area (Å²) in [6.45, 7) is 0. The zero-order chi connectivity index (χ0) is 10.0. The van der Waals surface area contributed by atoms with Crippen LogP contribution in [0.4, 0.5) is 5.69 Å². The Bertz CT molecular complexity index is 352. The van der Waals surface area contributed by atoms with Gasteiger partial charge in [0.1, 0.15) is 0 Å². The van der Waals surface area contributed by atoms with Gasteiger partial charge in [-0.1, -0.05) is 15.9 Å². The monoisotopic (exact) mass is 307 g/mol. The number of hydrogen-bond acceptors (Lipinski definition) is 2. The minimum Gasteiger partial charge on any atom is -0.481 e. The molecule has 0 unspecified atom stereocenters. The molecule has 1 rings (SSSR count). The van der Waals surface area contributed by atoms with Crippen molar-refractivity contribution < 1.29 is 9.90 Å². The Kier molecular flexibility index (Phi) is 3.33. The van der Waals surface area contributed by atoms with E-state index in [0.717, 1.165) is 4.47 Å². The molecule has 0 spiro atoms. The number of carbonyl (C=O) groups is 1. The molecule has 0 saturated heterocycles. The summed E-state index contributed by atoms with van der Waals surface area (Å²) in [5.74, 6) is -0.898. The van der Waals surface area contributed by atoms with Gasteiger partial charge in [0, 0.05) is 14.5 Å². The predicted molar refractivity (Wildman–Crippen MR) is 57.6 cm³/mol. The number of carboxylic acid groups (broad SMARTS) is 1. The van der Waals surface area contributed by atoms with Crippen molar-refractivity contribution in [1.29, 1.82) is 0 Å². The molecule has 0 saturated carbocycles. The second-order valence-electron chi connectivity index (χ2n) is 2.49. The lowest BCUT2D eigenvalue weighted by Crippen LogP contribution is -2.04. The van der Waals surface area contributed by atoms with E-state index in [1.165, 1.54) is 0 Å². The number of halogens is 2. The highest BCUT2D eigenvalue weighted by Gasteiger charge is 2.10. The van der Waals surface area contributed by atoms with E-state index >= 15 is 0 Å². The third-order valence-electron chi connectivity index (χ3n) is 1.57. The maximum atomic E-state index is 10.5. The molecule has 3 nitrogen and oxygen atoms in total. The standard InChI is InChI=1S/C8H7Br2NO2/c9-5-1-2-6(10)8(11)4(5)3-7(12)13/h1-2H,3,11H2,(H,12,13). The van der Waals surface area contributed by atoms with Crippen molar-refractivity contribution in [2.45, 2.75) is 6.42 Å². The van der Waals surface area contributed by atoms with E-state index in [1.54, 1.807) is 12.1 Å². The van der Waals surface area contributed by atoms with E-state index in [4.69, 9.17) is 10.8 Å². The average molecular weight is 309 g/mol. The van der Waals surface area contributed by atoms with E-state index in [2.05, 4.69) is 31.9 Å². The Morgan fingerprint density at radius 1 is 1.38 bits per heavy atom. The van der Waals surface area contributed by atoms with Gasteiger partial charge in [-0.3, -0.25) is 4.79 Å². The summed E-state index contributed by atoms with van der Waals surface area (Å²) < 4.78 is 1.43. The first-order valence-electron chi connectivity index (χ1n) is 3.46. The molecule has 0 radical (unpaired) electrons. The molecular formula is C8H7Br2NO2. The van der Waals surface area contributed by atoms with Crippen LogP contribution in [0.25, 0.3) is 0 Å². The van der Waals surface area contributed by atoms with Crippen LogP contribution in [0.3, 0.4) is 0 Å². The number of rotatable bonds is 2. The van der Waals surface area contributed by atoms with Gasteiger partial charge >= 0.3 is 5.97 Å². The number of nitrogens with two attached hydrogens (primary N) is 1. The van der Waals surface area contributed by atoms with Gasteiger partial charge in [-0.25, -0.2) is 0 Å². The lowest BCUT2D eigenvalue weighted by Gasteiger charge is -2.07. The van der Waals surface area contributed by atoms with Crippen molar-refractivity contribution in [2.75, 3.05) is 5.73 Å². The van der Waals surface area contributed by atoms with Gasteiger partial charge in [0.2, 0.25) is 0 Å². The summed E-state index contributed by atoms with van der Waals surface area (Å²) in [6.07, 6.45) is -0.0775. The molecule has 3 N–H and O–H groups in total. The van der Waals surface area contributed by atoms with Gasteiger partial charge in [0.05, 0.1) is 12.1 Å². The fourth-order valence-electron chi connectivity index (χ4n) is 0.940. The third kappa shape index (κ3) is 2.45. The Morgan fingerprint density at radius 2 is 1.92 bits per heavy atom. The van der Waals surface area contributed by atoms with Gasteiger partial charge in [-0.05, 0) is 28.1 Å². The van der Waals surface area contributed by atoms with E-state index < -0.39 is 5.97 Å². The molecule has 5 heteroatoms. The molecule has 0 heterocycles. The number of anilines is 1. The van der Waals surface area contributed by atoms with Crippen LogP contribution >= 0.6 is 31.9 Å². The van der Waals surface area contributed by atoms with Gasteiger partial charge in [-0.15, -0.1) is 0 Å². The van der Waals surface area contributed by atoms with Crippen molar-refractivity contribution in [2.24, 2.45) is 0 Å². The van der Waals surface area contributed by atoms with Crippen molar-refractivity contribution in [3.05, 3.63) is 26.6 Å². The maximum Gasteiger partial charge on any atom is 0.307 e. The highest BCUT2D eigenvalue weighted by atomic mass is 79.9. The van der Waals surface area contributed by atoms with Crippen LogP contribution in [0.1, 0.15) is 5.56 Å². The molecule has 0 aliphatic rings. The van der Waals surface area contributed by atoms with Gasteiger partial charge in [0.15, 0.2) is 0 Å². The van der Waals surface area contributed by atoms with Crippen LogP contribution in [0.2, 0.25) is 0 Å². The maximum absolute atomic E-state index is 10.5. The molecular weight excluding hydrogens is 302 g/mol. The van der Waals surface area contributed by atoms with Crippen LogP contribution in [-0.2, 0) is 11.2 Å².